The molecule has 0 unspecified atom stereocenters. The third-order valence-electron chi connectivity index (χ3n) is 3.32. The molecule has 3 aromatic rings. The predicted molar refractivity (Wildman–Crippen MR) is 94.1 cm³/mol. The average Bonchev–Trinajstić information content (AvgIpc) is 2.60. The Labute approximate surface area is 134 Å². The number of nitrogens with one attached hydrogen (secondary N) is 3. The Bertz CT molecular complexity index is 826. The molecule has 0 atom stereocenters. The second-order valence-electron chi connectivity index (χ2n) is 5.08. The van der Waals surface area contributed by atoms with Crippen LogP contribution >= 0.6 is 0 Å². The van der Waals surface area contributed by atoms with Crippen LogP contribution in [-0.2, 0) is 0 Å². The van der Waals surface area contributed by atoms with Gasteiger partial charge in [0.15, 0.2) is 0 Å². The first-order valence-electron chi connectivity index (χ1n) is 7.24. The smallest absolute Gasteiger partial charge is 0.230 e. The van der Waals surface area contributed by atoms with Crippen molar-refractivity contribution in [3.63, 3.8) is 0 Å². The number of aryl methyl sites for hydroxylation is 1. The number of para-hydroxylation sites is 1. The minimum Gasteiger partial charge on any atom is -0.293 e. The van der Waals surface area contributed by atoms with Gasteiger partial charge in [0.2, 0.25) is 5.96 Å². The van der Waals surface area contributed by atoms with Gasteiger partial charge in [-0.25, -0.2) is 15.8 Å². The molecule has 6 heteroatoms. The Morgan fingerprint density at radius 1 is 1.00 bits per heavy atom. The number of hydrazine groups is 2. The van der Waals surface area contributed by atoms with Gasteiger partial charge in [0.05, 0.1) is 11.2 Å². The van der Waals surface area contributed by atoms with Crippen LogP contribution in [-0.4, -0.2) is 10.9 Å². The van der Waals surface area contributed by atoms with E-state index < -0.39 is 0 Å². The lowest BCUT2D eigenvalue weighted by Crippen LogP contribution is -2.44. The number of nitrogens with zero attached hydrogens (tertiary/aromatic N) is 2. The molecule has 0 bridgehead atoms. The fourth-order valence-corrected chi connectivity index (χ4v) is 2.10. The van der Waals surface area contributed by atoms with Crippen molar-refractivity contribution in [2.45, 2.75) is 6.92 Å². The van der Waals surface area contributed by atoms with Crippen molar-refractivity contribution in [1.82, 2.24) is 15.8 Å². The highest BCUT2D eigenvalue weighted by molar-refractivity contribution is 5.84. The first-order valence-corrected chi connectivity index (χ1v) is 7.24. The number of aromatic nitrogens is 1. The molecule has 23 heavy (non-hydrogen) atoms. The van der Waals surface area contributed by atoms with Gasteiger partial charge >= 0.3 is 0 Å². The van der Waals surface area contributed by atoms with Crippen molar-refractivity contribution in [3.8, 4) is 0 Å². The number of fused-ring (bicyclic) bond motifs is 1. The Morgan fingerprint density at radius 3 is 2.57 bits per heavy atom. The van der Waals surface area contributed by atoms with Crippen LogP contribution in [0.3, 0.4) is 0 Å². The molecule has 3 rings (SSSR count). The number of aliphatic imine (C=N–C) groups is 1. The lowest BCUT2D eigenvalue weighted by Gasteiger charge is -2.11. The molecule has 1 heterocycles. The number of benzene rings is 2. The summed E-state index contributed by atoms with van der Waals surface area (Å²) in [5.41, 5.74) is 11.3. The summed E-state index contributed by atoms with van der Waals surface area (Å²) in [5.74, 6) is 6.57. The molecule has 0 amide bonds. The van der Waals surface area contributed by atoms with Crippen molar-refractivity contribution in [1.29, 1.82) is 0 Å². The van der Waals surface area contributed by atoms with Crippen LogP contribution in [0.5, 0.6) is 0 Å². The van der Waals surface area contributed by atoms with E-state index in [1.165, 1.54) is 5.56 Å². The number of nitrogens with two attached hydrogens (primary N) is 1. The Kier molecular flexibility index (Phi) is 4.35. The molecule has 0 aliphatic carbocycles. The van der Waals surface area contributed by atoms with Gasteiger partial charge in [-0.1, -0.05) is 35.9 Å². The van der Waals surface area contributed by atoms with Gasteiger partial charge in [-0.3, -0.25) is 16.3 Å². The van der Waals surface area contributed by atoms with Crippen molar-refractivity contribution in [2.24, 2.45) is 10.8 Å². The van der Waals surface area contributed by atoms with E-state index in [9.17, 15) is 0 Å². The molecule has 0 radical (unpaired) electrons. The third kappa shape index (κ3) is 3.75. The molecule has 0 saturated heterocycles. The standard InChI is InChI=1S/C17H18N6/c1-12-6-9-14(10-7-12)19-17(21-18)23-22-16-11-8-13-4-2-3-5-15(13)20-16/h2-11H,18H2,1H3,(H,20,22)(H2,19,21,23). The SMILES string of the molecule is Cc1ccc(N=C(NN)NNc2ccc3ccccc3n2)cc1. The van der Waals surface area contributed by atoms with Crippen LogP contribution in [0, 0.1) is 6.92 Å². The Morgan fingerprint density at radius 2 is 1.78 bits per heavy atom. The molecule has 116 valence electrons. The number of rotatable bonds is 3. The maximum absolute atomic E-state index is 5.50. The molecule has 0 saturated carbocycles. The lowest BCUT2D eigenvalue weighted by molar-refractivity contribution is 0.929. The minimum atomic E-state index is 0.392. The number of guanidine groups is 1. The molecule has 0 aliphatic heterocycles. The van der Waals surface area contributed by atoms with Gasteiger partial charge in [0.25, 0.3) is 0 Å². The first-order chi connectivity index (χ1) is 11.2. The zero-order valence-electron chi connectivity index (χ0n) is 12.7. The molecule has 2 aromatic carbocycles. The van der Waals surface area contributed by atoms with Crippen LogP contribution in [0.2, 0.25) is 0 Å². The number of hydrogen-bond donors (Lipinski definition) is 4. The van der Waals surface area contributed by atoms with Crippen molar-refractivity contribution >= 4 is 28.4 Å². The topological polar surface area (TPSA) is 87.4 Å². The van der Waals surface area contributed by atoms with E-state index in [2.05, 4.69) is 26.3 Å². The summed E-state index contributed by atoms with van der Waals surface area (Å²) in [6.07, 6.45) is 0. The van der Waals surface area contributed by atoms with Crippen molar-refractivity contribution in [3.05, 3.63) is 66.2 Å². The molecule has 0 spiro atoms. The highest BCUT2D eigenvalue weighted by Crippen LogP contribution is 2.14. The van der Waals surface area contributed by atoms with Gasteiger partial charge in [0.1, 0.15) is 5.82 Å². The zero-order valence-corrected chi connectivity index (χ0v) is 12.7. The fraction of sp³-hybridized carbons (Fsp3) is 0.0588. The summed E-state index contributed by atoms with van der Waals surface area (Å²) < 4.78 is 0. The van der Waals surface area contributed by atoms with Gasteiger partial charge < -0.3 is 0 Å². The highest BCUT2D eigenvalue weighted by atomic mass is 15.5. The van der Waals surface area contributed by atoms with Crippen LogP contribution in [0.4, 0.5) is 11.5 Å². The molecule has 5 N–H and O–H groups in total. The summed E-state index contributed by atoms with van der Waals surface area (Å²) >= 11 is 0. The van der Waals surface area contributed by atoms with E-state index in [1.807, 2.05) is 67.6 Å². The molecular weight excluding hydrogens is 288 g/mol. The van der Waals surface area contributed by atoms with E-state index >= 15 is 0 Å². The maximum Gasteiger partial charge on any atom is 0.230 e. The van der Waals surface area contributed by atoms with Gasteiger partial charge in [0, 0.05) is 5.39 Å². The normalized spacial score (nSPS) is 11.3. The third-order valence-corrected chi connectivity index (χ3v) is 3.32. The van der Waals surface area contributed by atoms with E-state index in [4.69, 9.17) is 5.84 Å². The van der Waals surface area contributed by atoms with Gasteiger partial charge in [-0.2, -0.15) is 0 Å². The summed E-state index contributed by atoms with van der Waals surface area (Å²) in [5, 5.41) is 1.09. The second-order valence-corrected chi connectivity index (χ2v) is 5.08. The van der Waals surface area contributed by atoms with E-state index in [0.29, 0.717) is 11.8 Å². The predicted octanol–water partition coefficient (Wildman–Crippen LogP) is 2.61. The average molecular weight is 306 g/mol. The van der Waals surface area contributed by atoms with Gasteiger partial charge in [-0.15, -0.1) is 0 Å². The van der Waals surface area contributed by atoms with E-state index in [1.54, 1.807) is 0 Å². The maximum atomic E-state index is 5.50. The number of anilines is 1. The zero-order chi connectivity index (χ0) is 16.1. The largest absolute Gasteiger partial charge is 0.293 e. The first kappa shape index (κ1) is 14.8. The van der Waals surface area contributed by atoms with Crippen molar-refractivity contribution in [2.75, 3.05) is 5.43 Å². The van der Waals surface area contributed by atoms with Crippen molar-refractivity contribution < 1.29 is 0 Å². The van der Waals surface area contributed by atoms with Gasteiger partial charge in [-0.05, 0) is 37.3 Å². The lowest BCUT2D eigenvalue weighted by atomic mass is 10.2. The monoisotopic (exact) mass is 306 g/mol. The summed E-state index contributed by atoms with van der Waals surface area (Å²) in [4.78, 5) is 8.88. The molecule has 1 aromatic heterocycles. The van der Waals surface area contributed by atoms with Crippen LogP contribution in [0.1, 0.15) is 5.56 Å². The Balaban J connectivity index is 1.72. The minimum absolute atomic E-state index is 0.392. The summed E-state index contributed by atoms with van der Waals surface area (Å²) in [6.45, 7) is 2.03. The van der Waals surface area contributed by atoms with Crippen LogP contribution in [0.15, 0.2) is 65.7 Å². The highest BCUT2D eigenvalue weighted by Gasteiger charge is 2.00. The van der Waals surface area contributed by atoms with E-state index in [0.717, 1.165) is 16.6 Å². The van der Waals surface area contributed by atoms with E-state index in [-0.39, 0.29) is 0 Å². The molecular formula is C17H18N6. The molecule has 6 nitrogen and oxygen atoms in total. The number of pyridine rings is 1. The molecule has 0 fully saturated rings. The Hall–Kier alpha value is -3.12. The van der Waals surface area contributed by atoms with Crippen LogP contribution in [0.25, 0.3) is 10.9 Å². The summed E-state index contributed by atoms with van der Waals surface area (Å²) in [7, 11) is 0. The molecule has 0 aliphatic rings. The quantitative estimate of drug-likeness (QED) is 0.259. The fourth-order valence-electron chi connectivity index (χ4n) is 2.10. The van der Waals surface area contributed by atoms with Crippen LogP contribution < -0.4 is 22.1 Å². The summed E-state index contributed by atoms with van der Waals surface area (Å²) in [6, 6.07) is 19.6. The second kappa shape index (κ2) is 6.76. The number of hydrogen-bond acceptors (Lipinski definition) is 4.